The topological polar surface area (TPSA) is 141 Å². The van der Waals surface area contributed by atoms with Crippen LogP contribution in [0.5, 0.6) is 11.5 Å². The minimum absolute atomic E-state index is 0.0921. The van der Waals surface area contributed by atoms with Crippen LogP contribution in [0.2, 0.25) is 0 Å². The lowest BCUT2D eigenvalue weighted by molar-refractivity contribution is -0.138. The van der Waals surface area contributed by atoms with Crippen molar-refractivity contribution in [2.24, 2.45) is 0 Å². The molecular formula is C39H44O11. The lowest BCUT2D eigenvalue weighted by Crippen LogP contribution is -2.20. The van der Waals surface area contributed by atoms with E-state index in [1.807, 2.05) is 0 Å². The number of aldehydes is 1. The quantitative estimate of drug-likeness (QED) is 0.0399. The molecule has 1 atom stereocenters. The molecular weight excluding hydrogens is 644 g/mol. The third-order valence-electron chi connectivity index (χ3n) is 7.39. The molecule has 0 N–H and O–H groups in total. The second kappa shape index (κ2) is 22.2. The maximum absolute atomic E-state index is 12.8. The van der Waals surface area contributed by atoms with Gasteiger partial charge in [-0.2, -0.15) is 0 Å². The van der Waals surface area contributed by atoms with Crippen LogP contribution in [0.4, 0.5) is 0 Å². The predicted octanol–water partition coefficient (Wildman–Crippen LogP) is 6.82. The van der Waals surface area contributed by atoms with Crippen molar-refractivity contribution in [1.29, 1.82) is 0 Å². The van der Waals surface area contributed by atoms with Crippen LogP contribution in [-0.2, 0) is 33.3 Å². The van der Waals surface area contributed by atoms with Crippen molar-refractivity contribution in [3.8, 4) is 11.5 Å². The third kappa shape index (κ3) is 14.3. The fourth-order valence-corrected chi connectivity index (χ4v) is 4.67. The van der Waals surface area contributed by atoms with Crippen LogP contribution < -0.4 is 9.47 Å². The first kappa shape index (κ1) is 39.0. The Morgan fingerprint density at radius 1 is 0.640 bits per heavy atom. The summed E-state index contributed by atoms with van der Waals surface area (Å²) in [5.74, 6) is -0.728. The Kier molecular flexibility index (Phi) is 17.3. The third-order valence-corrected chi connectivity index (χ3v) is 7.39. The number of carbonyl (C=O) groups excluding carboxylic acids is 5. The average Bonchev–Trinajstić information content (AvgIpc) is 3.14. The minimum Gasteiger partial charge on any atom is -0.494 e. The Morgan fingerprint density at radius 3 is 1.56 bits per heavy atom. The molecule has 2 aromatic rings. The Balaban J connectivity index is 1.35. The Hall–Kier alpha value is -5.45. The lowest BCUT2D eigenvalue weighted by Gasteiger charge is -2.19. The van der Waals surface area contributed by atoms with Gasteiger partial charge in [-0.1, -0.05) is 13.2 Å². The number of hydrogen-bond acceptors (Lipinski definition) is 11. The molecule has 1 aliphatic rings. The maximum atomic E-state index is 12.8. The predicted molar refractivity (Wildman–Crippen MR) is 185 cm³/mol. The van der Waals surface area contributed by atoms with Gasteiger partial charge < -0.3 is 28.4 Å². The highest BCUT2D eigenvalue weighted by Gasteiger charge is 2.23. The minimum atomic E-state index is -0.715. The van der Waals surface area contributed by atoms with Crippen LogP contribution in [-0.4, -0.2) is 62.7 Å². The molecule has 0 saturated carbocycles. The Labute approximate surface area is 292 Å². The molecule has 3 rings (SSSR count). The second-order valence-corrected chi connectivity index (χ2v) is 11.2. The summed E-state index contributed by atoms with van der Waals surface area (Å²) < 4.78 is 32.4. The van der Waals surface area contributed by atoms with Crippen LogP contribution in [0, 0.1) is 0 Å². The molecule has 0 radical (unpaired) electrons. The summed E-state index contributed by atoms with van der Waals surface area (Å²) in [4.78, 5) is 59.4. The van der Waals surface area contributed by atoms with E-state index in [1.165, 1.54) is 6.08 Å². The van der Waals surface area contributed by atoms with Crippen molar-refractivity contribution in [3.05, 3.63) is 108 Å². The van der Waals surface area contributed by atoms with Crippen molar-refractivity contribution < 1.29 is 52.4 Å². The van der Waals surface area contributed by atoms with Crippen LogP contribution in [0.25, 0.3) is 0 Å². The number of hydrogen-bond donors (Lipinski definition) is 0. The molecule has 2 aromatic carbocycles. The monoisotopic (exact) mass is 688 g/mol. The van der Waals surface area contributed by atoms with E-state index in [0.29, 0.717) is 49.8 Å². The van der Waals surface area contributed by atoms with Gasteiger partial charge in [-0.15, -0.1) is 0 Å². The van der Waals surface area contributed by atoms with E-state index >= 15 is 0 Å². The van der Waals surface area contributed by atoms with Crippen molar-refractivity contribution in [2.75, 3.05) is 26.4 Å². The van der Waals surface area contributed by atoms with Gasteiger partial charge in [0.1, 0.15) is 23.4 Å². The normalized spacial score (nSPS) is 13.5. The van der Waals surface area contributed by atoms with Gasteiger partial charge in [0.2, 0.25) is 0 Å². The molecule has 11 heteroatoms. The zero-order valence-electron chi connectivity index (χ0n) is 28.2. The van der Waals surface area contributed by atoms with Gasteiger partial charge >= 0.3 is 23.9 Å². The van der Waals surface area contributed by atoms with E-state index in [-0.39, 0.29) is 23.3 Å². The van der Waals surface area contributed by atoms with E-state index in [2.05, 4.69) is 13.2 Å². The summed E-state index contributed by atoms with van der Waals surface area (Å²) in [5.41, 5.74) is 0.704. The molecule has 0 spiro atoms. The zero-order valence-corrected chi connectivity index (χ0v) is 28.2. The number of esters is 4. The fourth-order valence-electron chi connectivity index (χ4n) is 4.67. The number of unbranched alkanes of at least 4 members (excludes halogenated alkanes) is 6. The molecule has 0 aliphatic heterocycles. The molecule has 1 unspecified atom stereocenters. The van der Waals surface area contributed by atoms with E-state index < -0.39 is 30.0 Å². The zero-order chi connectivity index (χ0) is 36.0. The summed E-state index contributed by atoms with van der Waals surface area (Å²) in [6.45, 7) is 8.47. The SMILES string of the molecule is C=CC(=O)OCCCCCCOc1ccc(C(=O)OC2=CCC(OC(=O)c3ccc(OCCCCCCOC(=O)C=C)cc3)C=C2C=O)cc1. The smallest absolute Gasteiger partial charge is 0.343 e. The average molecular weight is 689 g/mol. The first-order valence-corrected chi connectivity index (χ1v) is 16.7. The van der Waals surface area contributed by atoms with Crippen LogP contribution in [0.1, 0.15) is 78.5 Å². The molecule has 0 aromatic heterocycles. The van der Waals surface area contributed by atoms with Crippen molar-refractivity contribution >= 4 is 30.2 Å². The molecule has 266 valence electrons. The number of rotatable bonds is 23. The summed E-state index contributed by atoms with van der Waals surface area (Å²) >= 11 is 0. The number of allylic oxidation sites excluding steroid dienone is 1. The van der Waals surface area contributed by atoms with Crippen LogP contribution in [0.15, 0.2) is 97.3 Å². The second-order valence-electron chi connectivity index (χ2n) is 11.2. The molecule has 50 heavy (non-hydrogen) atoms. The summed E-state index contributed by atoms with van der Waals surface area (Å²) in [6, 6.07) is 13.1. The molecule has 0 saturated heterocycles. The van der Waals surface area contributed by atoms with Gasteiger partial charge in [0.05, 0.1) is 43.1 Å². The summed E-state index contributed by atoms with van der Waals surface area (Å²) in [5, 5.41) is 0. The molecule has 11 nitrogen and oxygen atoms in total. The highest BCUT2D eigenvalue weighted by atomic mass is 16.6. The molecule has 0 fully saturated rings. The van der Waals surface area contributed by atoms with Gasteiger partial charge in [-0.05, 0) is 112 Å². The van der Waals surface area contributed by atoms with Crippen molar-refractivity contribution in [1.82, 2.24) is 0 Å². The Morgan fingerprint density at radius 2 is 1.10 bits per heavy atom. The molecule has 0 heterocycles. The van der Waals surface area contributed by atoms with Gasteiger partial charge in [0, 0.05) is 18.6 Å². The molecule has 0 amide bonds. The lowest BCUT2D eigenvalue weighted by atomic mass is 10.0. The number of benzene rings is 2. The van der Waals surface area contributed by atoms with E-state index in [4.69, 9.17) is 28.4 Å². The first-order chi connectivity index (χ1) is 24.3. The fraction of sp³-hybridized carbons (Fsp3) is 0.359. The van der Waals surface area contributed by atoms with E-state index in [1.54, 1.807) is 54.6 Å². The van der Waals surface area contributed by atoms with Gasteiger partial charge in [-0.25, -0.2) is 19.2 Å². The largest absolute Gasteiger partial charge is 0.494 e. The van der Waals surface area contributed by atoms with E-state index in [0.717, 1.165) is 63.5 Å². The van der Waals surface area contributed by atoms with E-state index in [9.17, 15) is 24.0 Å². The highest BCUT2D eigenvalue weighted by Crippen LogP contribution is 2.24. The standard InChI is InChI=1S/C39H44O11/c1-3-36(41)47-25-11-7-5-9-23-45-32-17-13-29(14-18-32)38(43)49-34-21-22-35(31(27-34)28-40)50-39(44)30-15-19-33(20-16-30)46-24-10-6-8-12-26-48-37(42)4-2/h3-4,13-20,22,27-28,34H,1-2,5-12,21,23-26H2. The highest BCUT2D eigenvalue weighted by molar-refractivity contribution is 5.92. The molecule has 1 aliphatic carbocycles. The van der Waals surface area contributed by atoms with Crippen molar-refractivity contribution in [3.63, 3.8) is 0 Å². The Bertz CT molecular complexity index is 1500. The summed E-state index contributed by atoms with van der Waals surface area (Å²) in [6.07, 6.45) is 12.2. The van der Waals surface area contributed by atoms with Gasteiger partial charge in [-0.3, -0.25) is 4.79 Å². The molecule has 0 bridgehead atoms. The number of ether oxygens (including phenoxy) is 6. The van der Waals surface area contributed by atoms with Crippen LogP contribution in [0.3, 0.4) is 0 Å². The van der Waals surface area contributed by atoms with Gasteiger partial charge in [0.15, 0.2) is 6.29 Å². The van der Waals surface area contributed by atoms with Gasteiger partial charge in [0.25, 0.3) is 0 Å². The summed E-state index contributed by atoms with van der Waals surface area (Å²) in [7, 11) is 0. The number of carbonyl (C=O) groups is 5. The van der Waals surface area contributed by atoms with Crippen LogP contribution >= 0.6 is 0 Å². The first-order valence-electron chi connectivity index (χ1n) is 16.7. The maximum Gasteiger partial charge on any atom is 0.343 e. The van der Waals surface area contributed by atoms with Crippen molar-refractivity contribution in [2.45, 2.75) is 63.9 Å².